The van der Waals surface area contributed by atoms with Crippen LogP contribution < -0.4 is 9.47 Å². The quantitative estimate of drug-likeness (QED) is 0.554. The molecule has 1 unspecified atom stereocenters. The number of aromatic nitrogens is 2. The molecule has 1 aliphatic rings. The molecule has 6 nitrogen and oxygen atoms in total. The highest BCUT2D eigenvalue weighted by molar-refractivity contribution is 5.76. The third kappa shape index (κ3) is 4.45. The summed E-state index contributed by atoms with van der Waals surface area (Å²) in [5, 5.41) is 0. The van der Waals surface area contributed by atoms with Gasteiger partial charge < -0.3 is 9.47 Å². The summed E-state index contributed by atoms with van der Waals surface area (Å²) in [5.74, 6) is 0.688. The molecule has 1 aromatic heterocycles. The molecule has 0 radical (unpaired) electrons. The number of alkyl halides is 3. The highest BCUT2D eigenvalue weighted by Gasteiger charge is 2.33. The number of carbonyl (C=O) groups is 1. The summed E-state index contributed by atoms with van der Waals surface area (Å²) < 4.78 is 47.1. The second-order valence-corrected chi connectivity index (χ2v) is 7.12. The lowest BCUT2D eigenvalue weighted by Crippen LogP contribution is -2.39. The number of hydrogen-bond acceptors (Lipinski definition) is 5. The van der Waals surface area contributed by atoms with Gasteiger partial charge in [-0.2, -0.15) is 0 Å². The fourth-order valence-electron chi connectivity index (χ4n) is 3.46. The van der Waals surface area contributed by atoms with Crippen molar-refractivity contribution in [2.45, 2.75) is 32.8 Å². The molecule has 0 saturated heterocycles. The Hall–Kier alpha value is -3.62. The third-order valence-electron chi connectivity index (χ3n) is 5.02. The number of benzene rings is 2. The number of ether oxygens (including phenoxy) is 2. The summed E-state index contributed by atoms with van der Waals surface area (Å²) in [6.45, 7) is 3.61. The molecule has 0 fully saturated rings. The van der Waals surface area contributed by atoms with Crippen LogP contribution in [0.4, 0.5) is 18.0 Å². The Morgan fingerprint density at radius 2 is 1.77 bits per heavy atom. The van der Waals surface area contributed by atoms with Gasteiger partial charge in [0.25, 0.3) is 0 Å². The maximum atomic E-state index is 12.5. The van der Waals surface area contributed by atoms with Crippen molar-refractivity contribution >= 4 is 6.09 Å². The maximum absolute atomic E-state index is 12.5. The molecule has 0 spiro atoms. The summed E-state index contributed by atoms with van der Waals surface area (Å²) >= 11 is 0. The SMILES string of the molecule is Cc1cc(-c2ccc3c(c2)C(C)N(Cc2ncccn2)C(=O)O3)ccc1OC(F)(F)F. The van der Waals surface area contributed by atoms with Gasteiger partial charge in [0.1, 0.15) is 17.3 Å². The number of fused-ring (bicyclic) bond motifs is 1. The van der Waals surface area contributed by atoms with Crippen LogP contribution in [0, 0.1) is 6.92 Å². The molecule has 0 N–H and O–H groups in total. The van der Waals surface area contributed by atoms with Gasteiger partial charge in [0.05, 0.1) is 12.6 Å². The van der Waals surface area contributed by atoms with Crippen molar-refractivity contribution in [1.82, 2.24) is 14.9 Å². The predicted octanol–water partition coefficient (Wildman–Crippen LogP) is 5.43. The van der Waals surface area contributed by atoms with Gasteiger partial charge in [-0.1, -0.05) is 12.1 Å². The van der Waals surface area contributed by atoms with Crippen LogP contribution in [0.3, 0.4) is 0 Å². The summed E-state index contributed by atoms with van der Waals surface area (Å²) in [6.07, 6.45) is -2.04. The van der Waals surface area contributed by atoms with Crippen molar-refractivity contribution in [3.8, 4) is 22.6 Å². The van der Waals surface area contributed by atoms with Crippen LogP contribution in [0.15, 0.2) is 54.9 Å². The number of halogens is 3. The van der Waals surface area contributed by atoms with Gasteiger partial charge in [-0.3, -0.25) is 4.90 Å². The van der Waals surface area contributed by atoms with Gasteiger partial charge in [0.15, 0.2) is 0 Å². The van der Waals surface area contributed by atoms with E-state index in [2.05, 4.69) is 14.7 Å². The Kier molecular flexibility index (Phi) is 5.26. The van der Waals surface area contributed by atoms with Crippen LogP contribution >= 0.6 is 0 Å². The zero-order valence-corrected chi connectivity index (χ0v) is 16.7. The van der Waals surface area contributed by atoms with Crippen LogP contribution in [0.25, 0.3) is 11.1 Å². The van der Waals surface area contributed by atoms with E-state index in [1.54, 1.807) is 49.6 Å². The van der Waals surface area contributed by atoms with Gasteiger partial charge in [0.2, 0.25) is 0 Å². The van der Waals surface area contributed by atoms with Crippen molar-refractivity contribution in [3.05, 3.63) is 71.8 Å². The van der Waals surface area contributed by atoms with Crippen molar-refractivity contribution in [2.75, 3.05) is 0 Å². The van der Waals surface area contributed by atoms with E-state index in [-0.39, 0.29) is 18.3 Å². The molecule has 0 bridgehead atoms. The average Bonchev–Trinajstić information content (AvgIpc) is 2.72. The van der Waals surface area contributed by atoms with E-state index in [9.17, 15) is 18.0 Å². The first-order valence-corrected chi connectivity index (χ1v) is 9.46. The van der Waals surface area contributed by atoms with Crippen LogP contribution in [-0.4, -0.2) is 27.3 Å². The Balaban J connectivity index is 1.63. The number of amides is 1. The zero-order chi connectivity index (χ0) is 22.2. The molecule has 0 aliphatic carbocycles. The standard InChI is InChI=1S/C22H18F3N3O3/c1-13-10-15(4-6-18(13)31-22(23,24)25)16-5-7-19-17(11-16)14(2)28(21(29)30-19)12-20-26-8-3-9-27-20/h3-11,14H,12H2,1-2H3. The van der Waals surface area contributed by atoms with Crippen molar-refractivity contribution in [1.29, 1.82) is 0 Å². The average molecular weight is 429 g/mol. The van der Waals surface area contributed by atoms with Gasteiger partial charge in [0, 0.05) is 18.0 Å². The summed E-state index contributed by atoms with van der Waals surface area (Å²) in [5.41, 5.74) is 2.63. The second-order valence-electron chi connectivity index (χ2n) is 7.12. The molecule has 3 aromatic rings. The molecular formula is C22H18F3N3O3. The first-order chi connectivity index (χ1) is 14.7. The van der Waals surface area contributed by atoms with Crippen LogP contribution in [0.1, 0.15) is 29.9 Å². The second kappa shape index (κ2) is 7.90. The number of carbonyl (C=O) groups excluding carboxylic acids is 1. The van der Waals surface area contributed by atoms with Crippen LogP contribution in [0.5, 0.6) is 11.5 Å². The molecular weight excluding hydrogens is 411 g/mol. The topological polar surface area (TPSA) is 64.6 Å². The minimum atomic E-state index is -4.75. The zero-order valence-electron chi connectivity index (χ0n) is 16.7. The summed E-state index contributed by atoms with van der Waals surface area (Å²) in [6, 6.07) is 11.2. The van der Waals surface area contributed by atoms with Gasteiger partial charge in [-0.25, -0.2) is 14.8 Å². The lowest BCUT2D eigenvalue weighted by atomic mass is 9.96. The van der Waals surface area contributed by atoms with Gasteiger partial charge >= 0.3 is 12.5 Å². The van der Waals surface area contributed by atoms with E-state index in [1.165, 1.54) is 11.0 Å². The highest BCUT2D eigenvalue weighted by atomic mass is 19.4. The Bertz CT molecular complexity index is 1120. The molecule has 4 rings (SSSR count). The molecule has 2 aromatic carbocycles. The number of nitrogens with zero attached hydrogens (tertiary/aromatic N) is 3. The normalized spacial score (nSPS) is 16.0. The molecule has 1 amide bonds. The largest absolute Gasteiger partial charge is 0.573 e. The van der Waals surface area contributed by atoms with Gasteiger partial charge in [-0.15, -0.1) is 13.2 Å². The van der Waals surface area contributed by atoms with Crippen molar-refractivity contribution < 1.29 is 27.4 Å². The van der Waals surface area contributed by atoms with E-state index in [4.69, 9.17) is 4.74 Å². The van der Waals surface area contributed by atoms with Gasteiger partial charge in [-0.05, 0) is 60.9 Å². The molecule has 1 atom stereocenters. The van der Waals surface area contributed by atoms with E-state index in [1.807, 2.05) is 13.0 Å². The third-order valence-corrected chi connectivity index (χ3v) is 5.02. The Labute approximate surface area is 176 Å². The first kappa shape index (κ1) is 20.6. The predicted molar refractivity (Wildman–Crippen MR) is 105 cm³/mol. The monoisotopic (exact) mass is 429 g/mol. The fourth-order valence-corrected chi connectivity index (χ4v) is 3.46. The molecule has 1 aliphatic heterocycles. The van der Waals surface area contributed by atoms with E-state index in [0.29, 0.717) is 17.1 Å². The molecule has 9 heteroatoms. The minimum absolute atomic E-state index is 0.188. The maximum Gasteiger partial charge on any atom is 0.573 e. The number of rotatable bonds is 4. The minimum Gasteiger partial charge on any atom is -0.410 e. The van der Waals surface area contributed by atoms with Crippen LogP contribution in [0.2, 0.25) is 0 Å². The molecule has 0 saturated carbocycles. The lowest BCUT2D eigenvalue weighted by Gasteiger charge is -2.33. The molecule has 31 heavy (non-hydrogen) atoms. The summed E-state index contributed by atoms with van der Waals surface area (Å²) in [7, 11) is 0. The highest BCUT2D eigenvalue weighted by Crippen LogP contribution is 2.39. The van der Waals surface area contributed by atoms with Crippen molar-refractivity contribution in [2.24, 2.45) is 0 Å². The molecule has 2 heterocycles. The smallest absolute Gasteiger partial charge is 0.410 e. The van der Waals surface area contributed by atoms with Crippen LogP contribution in [-0.2, 0) is 6.54 Å². The van der Waals surface area contributed by atoms with E-state index in [0.717, 1.165) is 16.7 Å². The van der Waals surface area contributed by atoms with Crippen molar-refractivity contribution in [3.63, 3.8) is 0 Å². The lowest BCUT2D eigenvalue weighted by molar-refractivity contribution is -0.274. The van der Waals surface area contributed by atoms with E-state index < -0.39 is 12.5 Å². The number of hydrogen-bond donors (Lipinski definition) is 0. The van der Waals surface area contributed by atoms with E-state index >= 15 is 0 Å². The molecule has 160 valence electrons. The fraction of sp³-hybridized carbons (Fsp3) is 0.227. The summed E-state index contributed by atoms with van der Waals surface area (Å²) in [4.78, 5) is 22.3. The first-order valence-electron chi connectivity index (χ1n) is 9.46. The Morgan fingerprint density at radius 1 is 1.10 bits per heavy atom. The Morgan fingerprint density at radius 3 is 2.45 bits per heavy atom. The number of aryl methyl sites for hydroxylation is 1.